The van der Waals surface area contributed by atoms with Crippen LogP contribution in [0.25, 0.3) is 0 Å². The molecule has 1 aromatic carbocycles. The molecule has 2 aliphatic rings. The second-order valence-electron chi connectivity index (χ2n) is 6.83. The van der Waals surface area contributed by atoms with Crippen LogP contribution in [-0.4, -0.2) is 38.7 Å². The Morgan fingerprint density at radius 3 is 2.81 bits per heavy atom. The average molecular weight is 392 g/mol. The average Bonchev–Trinajstić information content (AvgIpc) is 2.91. The quantitative estimate of drug-likeness (QED) is 0.567. The summed E-state index contributed by atoms with van der Waals surface area (Å²) in [6, 6.07) is 6.75. The van der Waals surface area contributed by atoms with Gasteiger partial charge in [-0.1, -0.05) is 18.6 Å². The molecule has 0 radical (unpaired) electrons. The van der Waals surface area contributed by atoms with Crippen LogP contribution in [0.1, 0.15) is 56.9 Å². The van der Waals surface area contributed by atoms with E-state index in [9.17, 15) is 18.0 Å². The lowest BCUT2D eigenvalue weighted by Crippen LogP contribution is -2.30. The molecule has 0 bridgehead atoms. The molecule has 0 aromatic heterocycles. The molecule has 0 saturated heterocycles. The molecule has 8 heteroatoms. The topological polar surface area (TPSA) is 102 Å². The SMILES string of the molecule is O=C(CCCCCN=C1NS(=O)(=O)c2ccccc21)O[C@@H]1CCCCC1=O. The van der Waals surface area contributed by atoms with Crippen LogP contribution >= 0.6 is 0 Å². The summed E-state index contributed by atoms with van der Waals surface area (Å²) >= 11 is 0. The van der Waals surface area contributed by atoms with Gasteiger partial charge in [0.05, 0.1) is 4.90 Å². The molecule has 1 aliphatic carbocycles. The van der Waals surface area contributed by atoms with Crippen molar-refractivity contribution in [3.8, 4) is 0 Å². The van der Waals surface area contributed by atoms with Crippen molar-refractivity contribution in [1.29, 1.82) is 0 Å². The summed E-state index contributed by atoms with van der Waals surface area (Å²) in [7, 11) is -3.50. The summed E-state index contributed by atoms with van der Waals surface area (Å²) in [5.41, 5.74) is 0.596. The lowest BCUT2D eigenvalue weighted by atomic mass is 9.96. The number of ketones is 1. The monoisotopic (exact) mass is 392 g/mol. The first-order valence-corrected chi connectivity index (χ1v) is 10.8. The lowest BCUT2D eigenvalue weighted by Gasteiger charge is -2.20. The molecule has 1 N–H and O–H groups in total. The molecular formula is C19H24N2O5S. The highest BCUT2D eigenvalue weighted by Gasteiger charge is 2.30. The van der Waals surface area contributed by atoms with E-state index in [4.69, 9.17) is 4.74 Å². The van der Waals surface area contributed by atoms with E-state index in [1.165, 1.54) is 0 Å². The number of carbonyl (C=O) groups excluding carboxylic acids is 2. The Balaban J connectivity index is 1.38. The van der Waals surface area contributed by atoms with E-state index in [1.807, 2.05) is 0 Å². The zero-order valence-electron chi connectivity index (χ0n) is 15.1. The van der Waals surface area contributed by atoms with Gasteiger partial charge in [-0.2, -0.15) is 0 Å². The van der Waals surface area contributed by atoms with Gasteiger partial charge in [-0.25, -0.2) is 8.42 Å². The summed E-state index contributed by atoms with van der Waals surface area (Å²) in [5.74, 6) is 0.0876. The highest BCUT2D eigenvalue weighted by Crippen LogP contribution is 2.22. The van der Waals surface area contributed by atoms with Crippen LogP contribution in [-0.2, 0) is 24.3 Å². The minimum atomic E-state index is -3.50. The van der Waals surface area contributed by atoms with Gasteiger partial charge in [-0.3, -0.25) is 19.3 Å². The van der Waals surface area contributed by atoms with Crippen LogP contribution < -0.4 is 4.72 Å². The van der Waals surface area contributed by atoms with Crippen molar-refractivity contribution in [3.05, 3.63) is 29.8 Å². The van der Waals surface area contributed by atoms with Crippen LogP contribution in [0, 0.1) is 0 Å². The van der Waals surface area contributed by atoms with Crippen LogP contribution in [0.15, 0.2) is 34.2 Å². The Labute approximate surface area is 159 Å². The van der Waals surface area contributed by atoms with Crippen LogP contribution in [0.3, 0.4) is 0 Å². The highest BCUT2D eigenvalue weighted by atomic mass is 32.2. The Morgan fingerprint density at radius 1 is 1.19 bits per heavy atom. The van der Waals surface area contributed by atoms with Crippen molar-refractivity contribution in [2.24, 2.45) is 4.99 Å². The van der Waals surface area contributed by atoms with Crippen molar-refractivity contribution < 1.29 is 22.7 Å². The molecule has 0 amide bonds. The Morgan fingerprint density at radius 2 is 2.00 bits per heavy atom. The fourth-order valence-corrected chi connectivity index (χ4v) is 4.54. The maximum Gasteiger partial charge on any atom is 0.306 e. The number of benzene rings is 1. The summed E-state index contributed by atoms with van der Waals surface area (Å²) < 4.78 is 31.7. The van der Waals surface area contributed by atoms with Gasteiger partial charge in [0.1, 0.15) is 5.84 Å². The molecule has 1 heterocycles. The molecule has 3 rings (SSSR count). The van der Waals surface area contributed by atoms with E-state index in [0.29, 0.717) is 37.2 Å². The molecule has 27 heavy (non-hydrogen) atoms. The number of hydrogen-bond donors (Lipinski definition) is 1. The Kier molecular flexibility index (Phi) is 6.26. The van der Waals surface area contributed by atoms with E-state index in [0.717, 1.165) is 25.7 Å². The number of esters is 1. The standard InChI is InChI=1S/C19H24N2O5S/c22-15-9-4-5-10-16(15)26-18(23)12-2-1-7-13-20-19-14-8-3-6-11-17(14)27(24,25)21-19/h3,6,8,11,16H,1-2,4-5,7,9-10,12-13H2,(H,20,21)/t16-/m1/s1. The number of carbonyl (C=O) groups is 2. The molecule has 1 atom stereocenters. The van der Waals surface area contributed by atoms with Gasteiger partial charge in [0, 0.05) is 24.9 Å². The minimum absolute atomic E-state index is 0.0321. The smallest absolute Gasteiger partial charge is 0.306 e. The summed E-state index contributed by atoms with van der Waals surface area (Å²) in [6.45, 7) is 0.475. The first kappa shape index (κ1) is 19.5. The maximum absolute atomic E-state index is 12.0. The van der Waals surface area contributed by atoms with E-state index in [1.54, 1.807) is 24.3 Å². The third-order valence-electron chi connectivity index (χ3n) is 4.74. The number of ether oxygens (including phenoxy) is 1. The van der Waals surface area contributed by atoms with E-state index < -0.39 is 16.1 Å². The molecular weight excluding hydrogens is 368 g/mol. The largest absolute Gasteiger partial charge is 0.454 e. The van der Waals surface area contributed by atoms with E-state index in [2.05, 4.69) is 9.71 Å². The normalized spacial score (nSPS) is 22.3. The van der Waals surface area contributed by atoms with Gasteiger partial charge in [0.15, 0.2) is 11.9 Å². The zero-order valence-corrected chi connectivity index (χ0v) is 16.0. The van der Waals surface area contributed by atoms with Gasteiger partial charge < -0.3 is 4.74 Å². The van der Waals surface area contributed by atoms with Crippen LogP contribution in [0.5, 0.6) is 0 Å². The number of sulfonamides is 1. The second kappa shape index (κ2) is 8.65. The number of rotatable bonds is 7. The van der Waals surface area contributed by atoms with Crippen molar-refractivity contribution in [3.63, 3.8) is 0 Å². The fraction of sp³-hybridized carbons (Fsp3) is 0.526. The zero-order chi connectivity index (χ0) is 19.3. The van der Waals surface area contributed by atoms with E-state index >= 15 is 0 Å². The number of unbranched alkanes of at least 4 members (excludes halogenated alkanes) is 2. The predicted octanol–water partition coefficient (Wildman–Crippen LogP) is 2.34. The van der Waals surface area contributed by atoms with Crippen molar-refractivity contribution >= 4 is 27.6 Å². The van der Waals surface area contributed by atoms with Gasteiger partial charge in [-0.15, -0.1) is 0 Å². The summed E-state index contributed by atoms with van der Waals surface area (Å²) in [5, 5.41) is 0. The first-order valence-electron chi connectivity index (χ1n) is 9.36. The Bertz CT molecular complexity index is 847. The Hall–Kier alpha value is -2.22. The first-order chi connectivity index (χ1) is 13.0. The second-order valence-corrected chi connectivity index (χ2v) is 8.48. The molecule has 1 aromatic rings. The van der Waals surface area contributed by atoms with Crippen LogP contribution in [0.4, 0.5) is 0 Å². The molecule has 1 fully saturated rings. The predicted molar refractivity (Wildman–Crippen MR) is 100.0 cm³/mol. The number of nitrogens with one attached hydrogen (secondary N) is 1. The molecule has 1 saturated carbocycles. The third-order valence-corrected chi connectivity index (χ3v) is 6.14. The number of fused-ring (bicyclic) bond motifs is 1. The third kappa shape index (κ3) is 4.94. The fourth-order valence-electron chi connectivity index (χ4n) is 3.29. The number of amidine groups is 1. The van der Waals surface area contributed by atoms with E-state index in [-0.39, 0.29) is 23.1 Å². The van der Waals surface area contributed by atoms with Gasteiger partial charge in [0.25, 0.3) is 10.0 Å². The van der Waals surface area contributed by atoms with Gasteiger partial charge in [-0.05, 0) is 44.2 Å². The highest BCUT2D eigenvalue weighted by molar-refractivity contribution is 7.90. The number of aliphatic imine (C=N–C) groups is 1. The van der Waals surface area contributed by atoms with Crippen molar-refractivity contribution in [2.45, 2.75) is 62.4 Å². The number of hydrogen-bond acceptors (Lipinski definition) is 6. The maximum atomic E-state index is 12.0. The van der Waals surface area contributed by atoms with Crippen LogP contribution in [0.2, 0.25) is 0 Å². The van der Waals surface area contributed by atoms with Crippen molar-refractivity contribution in [2.75, 3.05) is 6.54 Å². The minimum Gasteiger partial charge on any atom is -0.454 e. The molecule has 0 unspecified atom stereocenters. The molecule has 7 nitrogen and oxygen atoms in total. The summed E-state index contributed by atoms with van der Waals surface area (Å²) in [6.07, 6.45) is 4.87. The van der Waals surface area contributed by atoms with Crippen molar-refractivity contribution in [1.82, 2.24) is 4.72 Å². The molecule has 1 aliphatic heterocycles. The van der Waals surface area contributed by atoms with Gasteiger partial charge >= 0.3 is 5.97 Å². The number of nitrogens with zero attached hydrogens (tertiary/aromatic N) is 1. The van der Waals surface area contributed by atoms with Gasteiger partial charge in [0.2, 0.25) is 0 Å². The molecule has 146 valence electrons. The molecule has 0 spiro atoms. The lowest BCUT2D eigenvalue weighted by molar-refractivity contribution is -0.156. The summed E-state index contributed by atoms with van der Waals surface area (Å²) in [4.78, 5) is 28.1. The number of Topliss-reactive ketones (excluding diaryl/α,β-unsaturated/α-hetero) is 1.